The summed E-state index contributed by atoms with van der Waals surface area (Å²) >= 11 is 0. The first-order valence-electron chi connectivity index (χ1n) is 5.89. The van der Waals surface area contributed by atoms with Gasteiger partial charge in [-0.2, -0.15) is 0 Å². The Bertz CT molecular complexity index is 151. The van der Waals surface area contributed by atoms with E-state index in [-0.39, 0.29) is 0 Å². The largest absolute Gasteiger partial charge is 0.121 e. The molecule has 1 rings (SSSR count). The molecule has 0 aromatic heterocycles. The molecule has 3 unspecified atom stereocenters. The first-order chi connectivity index (χ1) is 6.19. The highest BCUT2D eigenvalue weighted by molar-refractivity contribution is 7.38. The van der Waals surface area contributed by atoms with Crippen molar-refractivity contribution in [1.29, 1.82) is 0 Å². The molecule has 0 nitrogen and oxygen atoms in total. The third kappa shape index (κ3) is 2.09. The summed E-state index contributed by atoms with van der Waals surface area (Å²) in [5.74, 6) is 2.00. The van der Waals surface area contributed by atoms with Crippen molar-refractivity contribution in [2.75, 3.05) is 12.3 Å². The summed E-state index contributed by atoms with van der Waals surface area (Å²) in [6, 6.07) is 0. The molecular formula is C12H25P. The lowest BCUT2D eigenvalue weighted by atomic mass is 9.67. The molecule has 1 heteroatoms. The van der Waals surface area contributed by atoms with E-state index in [2.05, 4.69) is 27.7 Å². The van der Waals surface area contributed by atoms with Crippen LogP contribution < -0.4 is 0 Å². The Morgan fingerprint density at radius 3 is 2.38 bits per heavy atom. The van der Waals surface area contributed by atoms with Crippen LogP contribution in [0.2, 0.25) is 0 Å². The molecule has 0 amide bonds. The second kappa shape index (κ2) is 4.78. The molecular weight excluding hydrogens is 175 g/mol. The van der Waals surface area contributed by atoms with Gasteiger partial charge in [-0.1, -0.05) is 47.0 Å². The summed E-state index contributed by atoms with van der Waals surface area (Å²) in [5.41, 5.74) is 0.691. The fourth-order valence-electron chi connectivity index (χ4n) is 3.20. The predicted molar refractivity (Wildman–Crippen MR) is 64.0 cm³/mol. The minimum absolute atomic E-state index is 0.691. The van der Waals surface area contributed by atoms with Gasteiger partial charge in [0.2, 0.25) is 0 Å². The third-order valence-electron chi connectivity index (χ3n) is 4.24. The van der Waals surface area contributed by atoms with Crippen molar-refractivity contribution in [3.8, 4) is 0 Å². The van der Waals surface area contributed by atoms with E-state index in [1.165, 1.54) is 40.2 Å². The Hall–Kier alpha value is 0.430. The molecule has 13 heavy (non-hydrogen) atoms. The fraction of sp³-hybridized carbons (Fsp3) is 1.00. The molecule has 0 saturated carbocycles. The molecule has 1 heterocycles. The van der Waals surface area contributed by atoms with Gasteiger partial charge in [0.25, 0.3) is 0 Å². The van der Waals surface area contributed by atoms with E-state index in [0.29, 0.717) is 5.41 Å². The summed E-state index contributed by atoms with van der Waals surface area (Å²) in [7, 11) is 1.25. The SMILES string of the molecule is CCC(CC)C1(C)CPCC1CC. The van der Waals surface area contributed by atoms with Crippen LogP contribution in [0, 0.1) is 17.3 Å². The molecule has 1 aliphatic rings. The Balaban J connectivity index is 2.71. The Kier molecular flexibility index (Phi) is 4.23. The van der Waals surface area contributed by atoms with E-state index in [4.69, 9.17) is 0 Å². The highest BCUT2D eigenvalue weighted by Gasteiger charge is 2.41. The van der Waals surface area contributed by atoms with Gasteiger partial charge < -0.3 is 0 Å². The molecule has 0 aliphatic carbocycles. The lowest BCUT2D eigenvalue weighted by Crippen LogP contribution is -2.33. The maximum absolute atomic E-state index is 2.55. The van der Waals surface area contributed by atoms with Gasteiger partial charge in [0.05, 0.1) is 0 Å². The number of hydrogen-bond donors (Lipinski definition) is 0. The standard InChI is InChI=1S/C12H25P/c1-5-10(6-2)12(4)9-13-8-11(12)7-3/h10-11,13H,5-9H2,1-4H3. The molecule has 0 aromatic rings. The molecule has 1 saturated heterocycles. The van der Waals surface area contributed by atoms with Gasteiger partial charge in [-0.05, 0) is 29.6 Å². The van der Waals surface area contributed by atoms with Crippen LogP contribution in [0.4, 0.5) is 0 Å². The minimum atomic E-state index is 0.691. The van der Waals surface area contributed by atoms with Crippen LogP contribution in [0.1, 0.15) is 47.0 Å². The van der Waals surface area contributed by atoms with Crippen molar-refractivity contribution in [2.24, 2.45) is 17.3 Å². The van der Waals surface area contributed by atoms with Crippen LogP contribution in [0.15, 0.2) is 0 Å². The van der Waals surface area contributed by atoms with Crippen LogP contribution in [-0.2, 0) is 0 Å². The molecule has 78 valence electrons. The number of hydrogen-bond acceptors (Lipinski definition) is 0. The lowest BCUT2D eigenvalue weighted by molar-refractivity contribution is 0.133. The van der Waals surface area contributed by atoms with Gasteiger partial charge in [-0.25, -0.2) is 0 Å². The van der Waals surface area contributed by atoms with Crippen molar-refractivity contribution in [3.63, 3.8) is 0 Å². The minimum Gasteiger partial charge on any atom is -0.121 e. The third-order valence-corrected chi connectivity index (χ3v) is 6.03. The number of rotatable bonds is 4. The zero-order valence-corrected chi connectivity index (χ0v) is 10.7. The maximum atomic E-state index is 2.55. The van der Waals surface area contributed by atoms with Gasteiger partial charge >= 0.3 is 0 Å². The summed E-state index contributed by atoms with van der Waals surface area (Å²) in [5, 5.41) is 0. The summed E-state index contributed by atoms with van der Waals surface area (Å²) in [4.78, 5) is 0. The Labute approximate surface area is 85.7 Å². The molecule has 0 aromatic carbocycles. The van der Waals surface area contributed by atoms with Crippen LogP contribution in [-0.4, -0.2) is 12.3 Å². The summed E-state index contributed by atoms with van der Waals surface area (Å²) in [6.45, 7) is 9.67. The van der Waals surface area contributed by atoms with Crippen molar-refractivity contribution < 1.29 is 0 Å². The van der Waals surface area contributed by atoms with E-state index in [9.17, 15) is 0 Å². The van der Waals surface area contributed by atoms with Crippen molar-refractivity contribution in [2.45, 2.75) is 47.0 Å². The van der Waals surface area contributed by atoms with Crippen molar-refractivity contribution >= 4 is 8.58 Å². The highest BCUT2D eigenvalue weighted by atomic mass is 31.1. The maximum Gasteiger partial charge on any atom is -0.0229 e. The molecule has 1 fully saturated rings. The Morgan fingerprint density at radius 1 is 1.31 bits per heavy atom. The van der Waals surface area contributed by atoms with Crippen LogP contribution in [0.3, 0.4) is 0 Å². The quantitative estimate of drug-likeness (QED) is 0.598. The predicted octanol–water partition coefficient (Wildman–Crippen LogP) is 4.15. The van der Waals surface area contributed by atoms with E-state index < -0.39 is 0 Å². The van der Waals surface area contributed by atoms with Crippen molar-refractivity contribution in [3.05, 3.63) is 0 Å². The first-order valence-corrected chi connectivity index (χ1v) is 7.31. The zero-order chi connectivity index (χ0) is 9.90. The van der Waals surface area contributed by atoms with Crippen LogP contribution in [0.25, 0.3) is 0 Å². The Morgan fingerprint density at radius 2 is 1.92 bits per heavy atom. The van der Waals surface area contributed by atoms with Gasteiger partial charge in [-0.15, -0.1) is 8.58 Å². The van der Waals surface area contributed by atoms with E-state index >= 15 is 0 Å². The van der Waals surface area contributed by atoms with Crippen LogP contribution >= 0.6 is 8.58 Å². The molecule has 1 aliphatic heterocycles. The zero-order valence-electron chi connectivity index (χ0n) is 9.69. The van der Waals surface area contributed by atoms with E-state index in [1.807, 2.05) is 0 Å². The van der Waals surface area contributed by atoms with Gasteiger partial charge in [0.1, 0.15) is 0 Å². The lowest BCUT2D eigenvalue weighted by Gasteiger charge is -2.38. The monoisotopic (exact) mass is 200 g/mol. The summed E-state index contributed by atoms with van der Waals surface area (Å²) in [6.07, 6.45) is 7.20. The molecule has 0 bridgehead atoms. The van der Waals surface area contributed by atoms with E-state index in [0.717, 1.165) is 11.8 Å². The normalized spacial score (nSPS) is 36.2. The van der Waals surface area contributed by atoms with E-state index in [1.54, 1.807) is 0 Å². The van der Waals surface area contributed by atoms with Gasteiger partial charge in [0, 0.05) is 0 Å². The molecule has 3 atom stereocenters. The molecule has 0 N–H and O–H groups in total. The molecule has 0 radical (unpaired) electrons. The second-order valence-electron chi connectivity index (χ2n) is 4.76. The summed E-state index contributed by atoms with van der Waals surface area (Å²) < 4.78 is 0. The first kappa shape index (κ1) is 11.5. The molecule has 0 spiro atoms. The average Bonchev–Trinajstić information content (AvgIpc) is 2.49. The fourth-order valence-corrected chi connectivity index (χ4v) is 5.57. The van der Waals surface area contributed by atoms with Crippen molar-refractivity contribution in [1.82, 2.24) is 0 Å². The average molecular weight is 200 g/mol. The van der Waals surface area contributed by atoms with Crippen LogP contribution in [0.5, 0.6) is 0 Å². The second-order valence-corrected chi connectivity index (χ2v) is 6.02. The van der Waals surface area contributed by atoms with Gasteiger partial charge in [0.15, 0.2) is 0 Å². The smallest absolute Gasteiger partial charge is 0.0229 e. The van der Waals surface area contributed by atoms with Gasteiger partial charge in [-0.3, -0.25) is 0 Å². The topological polar surface area (TPSA) is 0 Å². The highest BCUT2D eigenvalue weighted by Crippen LogP contribution is 2.52.